The van der Waals surface area contributed by atoms with E-state index in [2.05, 4.69) is 10.3 Å². The lowest BCUT2D eigenvalue weighted by Crippen LogP contribution is -2.11. The summed E-state index contributed by atoms with van der Waals surface area (Å²) < 4.78 is 0. The molecule has 0 spiro atoms. The molecule has 0 amide bonds. The second kappa shape index (κ2) is 3.55. The van der Waals surface area contributed by atoms with Gasteiger partial charge in [-0.25, -0.2) is 0 Å². The van der Waals surface area contributed by atoms with Crippen molar-refractivity contribution in [3.8, 4) is 0 Å². The van der Waals surface area contributed by atoms with Gasteiger partial charge in [0.05, 0.1) is 0 Å². The van der Waals surface area contributed by atoms with Gasteiger partial charge in [-0.1, -0.05) is 0 Å². The van der Waals surface area contributed by atoms with Crippen LogP contribution in [0.5, 0.6) is 0 Å². The van der Waals surface area contributed by atoms with Crippen molar-refractivity contribution in [3.05, 3.63) is 24.5 Å². The first-order valence-electron chi connectivity index (χ1n) is 3.15. The predicted molar refractivity (Wildman–Crippen MR) is 40.4 cm³/mol. The van der Waals surface area contributed by atoms with Crippen molar-refractivity contribution in [2.45, 2.75) is 0 Å². The van der Waals surface area contributed by atoms with E-state index >= 15 is 0 Å². The van der Waals surface area contributed by atoms with Crippen molar-refractivity contribution in [2.75, 3.05) is 11.9 Å². The van der Waals surface area contributed by atoms with Crippen LogP contribution < -0.4 is 5.32 Å². The second-order valence-corrected chi connectivity index (χ2v) is 1.98. The van der Waals surface area contributed by atoms with Gasteiger partial charge >= 0.3 is 5.97 Å². The highest BCUT2D eigenvalue weighted by Gasteiger charge is 1.94. The van der Waals surface area contributed by atoms with Gasteiger partial charge < -0.3 is 10.4 Å². The fourth-order valence-corrected chi connectivity index (χ4v) is 0.647. The zero-order valence-corrected chi connectivity index (χ0v) is 5.82. The molecule has 1 heterocycles. The van der Waals surface area contributed by atoms with E-state index in [9.17, 15) is 4.79 Å². The van der Waals surface area contributed by atoms with Gasteiger partial charge in [0.1, 0.15) is 6.54 Å². The summed E-state index contributed by atoms with van der Waals surface area (Å²) in [5, 5.41) is 11.0. The van der Waals surface area contributed by atoms with E-state index in [0.29, 0.717) is 0 Å². The van der Waals surface area contributed by atoms with Gasteiger partial charge in [0.2, 0.25) is 0 Å². The van der Waals surface area contributed by atoms with E-state index in [-0.39, 0.29) is 6.54 Å². The fraction of sp³-hybridized carbons (Fsp3) is 0.143. The van der Waals surface area contributed by atoms with Gasteiger partial charge in [-0.15, -0.1) is 0 Å². The monoisotopic (exact) mass is 152 g/mol. The molecule has 0 unspecified atom stereocenters. The van der Waals surface area contributed by atoms with Crippen LogP contribution in [-0.4, -0.2) is 22.6 Å². The quantitative estimate of drug-likeness (QED) is 0.665. The normalized spacial score (nSPS) is 9.09. The molecule has 58 valence electrons. The van der Waals surface area contributed by atoms with E-state index in [1.165, 1.54) is 0 Å². The van der Waals surface area contributed by atoms with E-state index in [1.54, 1.807) is 24.5 Å². The molecular weight excluding hydrogens is 144 g/mol. The topological polar surface area (TPSA) is 62.2 Å². The second-order valence-electron chi connectivity index (χ2n) is 1.98. The minimum atomic E-state index is -0.873. The van der Waals surface area contributed by atoms with Gasteiger partial charge in [-0.2, -0.15) is 0 Å². The van der Waals surface area contributed by atoms with E-state index < -0.39 is 5.97 Å². The summed E-state index contributed by atoms with van der Waals surface area (Å²) in [7, 11) is 0. The number of aliphatic carboxylic acids is 1. The Balaban J connectivity index is 2.45. The van der Waals surface area contributed by atoms with Crippen LogP contribution in [0.2, 0.25) is 0 Å². The molecule has 0 saturated heterocycles. The third-order valence-electron chi connectivity index (χ3n) is 1.12. The highest BCUT2D eigenvalue weighted by molar-refractivity contribution is 5.72. The van der Waals surface area contributed by atoms with Crippen LogP contribution in [0.3, 0.4) is 0 Å². The Morgan fingerprint density at radius 1 is 1.55 bits per heavy atom. The minimum Gasteiger partial charge on any atom is -0.480 e. The first kappa shape index (κ1) is 7.53. The van der Waals surface area contributed by atoms with Crippen LogP contribution in [0, 0.1) is 0 Å². The molecular formula is C7H8N2O2. The van der Waals surface area contributed by atoms with Gasteiger partial charge in [-0.05, 0) is 12.1 Å². The lowest BCUT2D eigenvalue weighted by Gasteiger charge is -2.00. The number of anilines is 1. The van der Waals surface area contributed by atoms with Gasteiger partial charge in [0, 0.05) is 18.1 Å². The van der Waals surface area contributed by atoms with Crippen LogP contribution in [0.15, 0.2) is 24.5 Å². The molecule has 1 rings (SSSR count). The molecule has 1 aromatic heterocycles. The molecule has 4 heteroatoms. The maximum atomic E-state index is 10.1. The number of hydrogen-bond acceptors (Lipinski definition) is 3. The van der Waals surface area contributed by atoms with Gasteiger partial charge in [-0.3, -0.25) is 9.78 Å². The molecule has 4 nitrogen and oxygen atoms in total. The van der Waals surface area contributed by atoms with Crippen LogP contribution in [0.25, 0.3) is 0 Å². The third-order valence-corrected chi connectivity index (χ3v) is 1.12. The summed E-state index contributed by atoms with van der Waals surface area (Å²) in [5.41, 5.74) is 0.766. The number of nitrogens with zero attached hydrogens (tertiary/aromatic N) is 1. The van der Waals surface area contributed by atoms with E-state index in [4.69, 9.17) is 5.11 Å². The molecule has 0 aliphatic rings. The summed E-state index contributed by atoms with van der Waals surface area (Å²) in [6.07, 6.45) is 3.20. The van der Waals surface area contributed by atoms with Crippen LogP contribution in [0.1, 0.15) is 0 Å². The Bertz CT molecular complexity index is 235. The van der Waals surface area contributed by atoms with Gasteiger partial charge in [0.25, 0.3) is 0 Å². The van der Waals surface area contributed by atoms with Gasteiger partial charge in [0.15, 0.2) is 0 Å². The molecule has 0 aliphatic carbocycles. The number of carboxylic acids is 1. The van der Waals surface area contributed by atoms with Crippen molar-refractivity contribution >= 4 is 11.7 Å². The Hall–Kier alpha value is -1.58. The van der Waals surface area contributed by atoms with Crippen molar-refractivity contribution < 1.29 is 9.90 Å². The summed E-state index contributed by atoms with van der Waals surface area (Å²) in [6, 6.07) is 3.42. The molecule has 0 bridgehead atoms. The highest BCUT2D eigenvalue weighted by Crippen LogP contribution is 2.01. The molecule has 0 radical (unpaired) electrons. The summed E-state index contributed by atoms with van der Waals surface area (Å²) >= 11 is 0. The predicted octanol–water partition coefficient (Wildman–Crippen LogP) is 0.578. The number of hydrogen-bond donors (Lipinski definition) is 2. The standard InChI is InChI=1S/C7H8N2O2/c10-7(11)5-9-6-1-3-8-4-2-6/h1-4H,5H2,(H,8,9)(H,10,11). The zero-order valence-electron chi connectivity index (χ0n) is 5.82. The average Bonchev–Trinajstić information content (AvgIpc) is 2.03. The minimum absolute atomic E-state index is 0.0655. The third kappa shape index (κ3) is 2.66. The Kier molecular flexibility index (Phi) is 2.43. The fourth-order valence-electron chi connectivity index (χ4n) is 0.647. The SMILES string of the molecule is O=C(O)CNc1ccncc1. The largest absolute Gasteiger partial charge is 0.480 e. The molecule has 0 aliphatic heterocycles. The molecule has 0 atom stereocenters. The highest BCUT2D eigenvalue weighted by atomic mass is 16.4. The molecule has 0 aromatic carbocycles. The maximum Gasteiger partial charge on any atom is 0.322 e. The van der Waals surface area contributed by atoms with Crippen LogP contribution in [-0.2, 0) is 4.79 Å². The summed E-state index contributed by atoms with van der Waals surface area (Å²) in [5.74, 6) is -0.873. The molecule has 0 saturated carbocycles. The van der Waals surface area contributed by atoms with Crippen molar-refractivity contribution in [1.82, 2.24) is 4.98 Å². The van der Waals surface area contributed by atoms with E-state index in [1.807, 2.05) is 0 Å². The number of aromatic nitrogens is 1. The zero-order chi connectivity index (χ0) is 8.10. The van der Waals surface area contributed by atoms with Crippen molar-refractivity contribution in [2.24, 2.45) is 0 Å². The molecule has 11 heavy (non-hydrogen) atoms. The summed E-state index contributed by atoms with van der Waals surface area (Å²) in [6.45, 7) is -0.0655. The summed E-state index contributed by atoms with van der Waals surface area (Å²) in [4.78, 5) is 13.9. The maximum absolute atomic E-state index is 10.1. The lowest BCUT2D eigenvalue weighted by atomic mass is 10.4. The Morgan fingerprint density at radius 2 is 2.18 bits per heavy atom. The smallest absolute Gasteiger partial charge is 0.322 e. The van der Waals surface area contributed by atoms with Crippen molar-refractivity contribution in [1.29, 1.82) is 0 Å². The Labute approximate surface area is 63.9 Å². The number of rotatable bonds is 3. The number of carboxylic acid groups (broad SMARTS) is 1. The molecule has 0 fully saturated rings. The Morgan fingerprint density at radius 3 is 2.73 bits per heavy atom. The van der Waals surface area contributed by atoms with Crippen molar-refractivity contribution in [3.63, 3.8) is 0 Å². The van der Waals surface area contributed by atoms with Crippen LogP contribution in [0.4, 0.5) is 5.69 Å². The lowest BCUT2D eigenvalue weighted by molar-refractivity contribution is -0.134. The van der Waals surface area contributed by atoms with Crippen LogP contribution >= 0.6 is 0 Å². The number of pyridine rings is 1. The number of carbonyl (C=O) groups is 1. The number of nitrogens with one attached hydrogen (secondary N) is 1. The molecule has 2 N–H and O–H groups in total. The first-order valence-corrected chi connectivity index (χ1v) is 3.15. The molecule has 1 aromatic rings. The average molecular weight is 152 g/mol. The van der Waals surface area contributed by atoms with E-state index in [0.717, 1.165) is 5.69 Å². The first-order chi connectivity index (χ1) is 5.29.